The van der Waals surface area contributed by atoms with E-state index in [4.69, 9.17) is 28.3 Å². The Morgan fingerprint density at radius 1 is 1.26 bits per heavy atom. The average Bonchev–Trinajstić information content (AvgIpc) is 3.01. The standard InChI is InChI=1S/C17H13Cl2FN4O2S/c18-13-3-1-10(20)7-14(13)24-16(27-12-2-4-15(19)22-9-12)8-11(23-24)5-6-21-17(25)26/h1-4,7-9,21H,5-6H2,(H,25,26). The first kappa shape index (κ1) is 19.5. The van der Waals surface area contributed by atoms with Gasteiger partial charge in [0.2, 0.25) is 0 Å². The van der Waals surface area contributed by atoms with Gasteiger partial charge in [0.1, 0.15) is 16.0 Å². The summed E-state index contributed by atoms with van der Waals surface area (Å²) >= 11 is 13.4. The van der Waals surface area contributed by atoms with Crippen molar-refractivity contribution in [2.24, 2.45) is 0 Å². The van der Waals surface area contributed by atoms with Gasteiger partial charge < -0.3 is 10.4 Å². The fourth-order valence-corrected chi connectivity index (χ4v) is 3.48. The Morgan fingerprint density at radius 2 is 2.07 bits per heavy atom. The van der Waals surface area contributed by atoms with Gasteiger partial charge in [-0.2, -0.15) is 5.10 Å². The highest BCUT2D eigenvalue weighted by Gasteiger charge is 2.15. The van der Waals surface area contributed by atoms with Crippen LogP contribution < -0.4 is 5.32 Å². The van der Waals surface area contributed by atoms with Crippen molar-refractivity contribution < 1.29 is 14.3 Å². The van der Waals surface area contributed by atoms with Gasteiger partial charge in [0.15, 0.2) is 0 Å². The molecule has 1 amide bonds. The van der Waals surface area contributed by atoms with E-state index >= 15 is 0 Å². The first-order chi connectivity index (χ1) is 12.9. The third-order valence-corrected chi connectivity index (χ3v) is 4.96. The maximum Gasteiger partial charge on any atom is 0.404 e. The zero-order valence-electron chi connectivity index (χ0n) is 13.7. The third-order valence-electron chi connectivity index (χ3n) is 3.44. The molecule has 0 fully saturated rings. The largest absolute Gasteiger partial charge is 0.465 e. The summed E-state index contributed by atoms with van der Waals surface area (Å²) in [7, 11) is 0. The van der Waals surface area contributed by atoms with E-state index in [0.29, 0.717) is 33.0 Å². The Bertz CT molecular complexity index is 966. The van der Waals surface area contributed by atoms with Crippen molar-refractivity contribution in [3.8, 4) is 5.69 Å². The molecule has 0 aliphatic rings. The van der Waals surface area contributed by atoms with Crippen LogP contribution in [0.2, 0.25) is 10.2 Å². The second-order valence-corrected chi connectivity index (χ2v) is 7.27. The molecule has 3 rings (SSSR count). The minimum atomic E-state index is -1.11. The fraction of sp³-hybridized carbons (Fsp3) is 0.118. The molecule has 1 aromatic carbocycles. The molecule has 0 saturated carbocycles. The van der Waals surface area contributed by atoms with Gasteiger partial charge in [-0.05, 0) is 30.3 Å². The van der Waals surface area contributed by atoms with Crippen molar-refractivity contribution in [3.63, 3.8) is 0 Å². The molecule has 6 nitrogen and oxygen atoms in total. The topological polar surface area (TPSA) is 80.0 Å². The summed E-state index contributed by atoms with van der Waals surface area (Å²) in [5.41, 5.74) is 1.02. The summed E-state index contributed by atoms with van der Waals surface area (Å²) in [6.45, 7) is 0.204. The Hall–Kier alpha value is -2.29. The van der Waals surface area contributed by atoms with Crippen LogP contribution in [0.5, 0.6) is 0 Å². The summed E-state index contributed by atoms with van der Waals surface area (Å²) in [5, 5.41) is 16.8. The summed E-state index contributed by atoms with van der Waals surface area (Å²) in [4.78, 5) is 15.5. The first-order valence-corrected chi connectivity index (χ1v) is 9.30. The smallest absolute Gasteiger partial charge is 0.404 e. The van der Waals surface area contributed by atoms with Crippen molar-refractivity contribution in [1.29, 1.82) is 0 Å². The number of benzene rings is 1. The molecular formula is C17H13Cl2FN4O2S. The van der Waals surface area contributed by atoms with E-state index in [-0.39, 0.29) is 6.54 Å². The molecule has 3 aromatic rings. The fourth-order valence-electron chi connectivity index (χ4n) is 2.27. The van der Waals surface area contributed by atoms with Crippen molar-refractivity contribution in [2.45, 2.75) is 16.3 Å². The predicted molar refractivity (Wildman–Crippen MR) is 102 cm³/mol. The number of nitrogens with one attached hydrogen (secondary N) is 1. The number of pyridine rings is 1. The van der Waals surface area contributed by atoms with Crippen molar-refractivity contribution >= 4 is 41.1 Å². The molecule has 27 heavy (non-hydrogen) atoms. The van der Waals surface area contributed by atoms with Crippen LogP contribution in [-0.2, 0) is 6.42 Å². The molecule has 0 bridgehead atoms. The summed E-state index contributed by atoms with van der Waals surface area (Å²) < 4.78 is 15.3. The van der Waals surface area contributed by atoms with E-state index in [9.17, 15) is 9.18 Å². The number of rotatable bonds is 6. The molecular weight excluding hydrogens is 414 g/mol. The van der Waals surface area contributed by atoms with E-state index in [0.717, 1.165) is 4.90 Å². The molecule has 0 unspecified atom stereocenters. The van der Waals surface area contributed by atoms with Gasteiger partial charge in [-0.25, -0.2) is 18.9 Å². The second kappa shape index (κ2) is 8.60. The minimum Gasteiger partial charge on any atom is -0.465 e. The number of carboxylic acid groups (broad SMARTS) is 1. The van der Waals surface area contributed by atoms with E-state index in [1.165, 1.54) is 34.6 Å². The van der Waals surface area contributed by atoms with Crippen molar-refractivity contribution in [3.05, 3.63) is 64.3 Å². The van der Waals surface area contributed by atoms with Crippen LogP contribution in [0.3, 0.4) is 0 Å². The molecule has 0 aliphatic heterocycles. The number of hydrogen-bond acceptors (Lipinski definition) is 4. The van der Waals surface area contributed by atoms with Crippen LogP contribution in [0.4, 0.5) is 9.18 Å². The van der Waals surface area contributed by atoms with Crippen LogP contribution in [-0.4, -0.2) is 32.5 Å². The van der Waals surface area contributed by atoms with E-state index in [2.05, 4.69) is 15.4 Å². The third kappa shape index (κ3) is 5.12. The molecule has 0 spiro atoms. The SMILES string of the molecule is O=C(O)NCCc1cc(Sc2ccc(Cl)nc2)n(-c2cc(F)ccc2Cl)n1. The van der Waals surface area contributed by atoms with Crippen LogP contribution in [0.1, 0.15) is 5.69 Å². The Balaban J connectivity index is 1.95. The van der Waals surface area contributed by atoms with Crippen LogP contribution in [0.15, 0.2) is 52.5 Å². The van der Waals surface area contributed by atoms with Gasteiger partial charge in [0.05, 0.1) is 16.4 Å². The summed E-state index contributed by atoms with van der Waals surface area (Å²) in [6.07, 6.45) is 0.881. The van der Waals surface area contributed by atoms with Crippen LogP contribution in [0.25, 0.3) is 5.69 Å². The number of aromatic nitrogens is 3. The lowest BCUT2D eigenvalue weighted by atomic mass is 10.3. The van der Waals surface area contributed by atoms with E-state index in [1.54, 1.807) is 24.4 Å². The molecule has 0 radical (unpaired) electrons. The highest BCUT2D eigenvalue weighted by molar-refractivity contribution is 7.99. The van der Waals surface area contributed by atoms with Crippen molar-refractivity contribution in [2.75, 3.05) is 6.54 Å². The van der Waals surface area contributed by atoms with Gasteiger partial charge in [-0.15, -0.1) is 0 Å². The van der Waals surface area contributed by atoms with Gasteiger partial charge in [0, 0.05) is 30.1 Å². The monoisotopic (exact) mass is 426 g/mol. The number of halogens is 3. The zero-order chi connectivity index (χ0) is 19.4. The number of nitrogens with zero attached hydrogens (tertiary/aromatic N) is 3. The lowest BCUT2D eigenvalue weighted by Gasteiger charge is -2.09. The lowest BCUT2D eigenvalue weighted by Crippen LogP contribution is -2.23. The first-order valence-electron chi connectivity index (χ1n) is 7.73. The Labute approximate surface area is 168 Å². The zero-order valence-corrected chi connectivity index (χ0v) is 16.0. The van der Waals surface area contributed by atoms with Crippen molar-refractivity contribution in [1.82, 2.24) is 20.1 Å². The number of hydrogen-bond donors (Lipinski definition) is 2. The maximum atomic E-state index is 13.7. The van der Waals surface area contributed by atoms with Gasteiger partial charge in [-0.3, -0.25) is 0 Å². The number of carbonyl (C=O) groups is 1. The van der Waals surface area contributed by atoms with E-state index in [1.807, 2.05) is 0 Å². The second-order valence-electron chi connectivity index (χ2n) is 5.38. The molecule has 0 saturated heterocycles. The molecule has 2 N–H and O–H groups in total. The Morgan fingerprint density at radius 3 is 2.78 bits per heavy atom. The van der Waals surface area contributed by atoms with E-state index < -0.39 is 11.9 Å². The van der Waals surface area contributed by atoms with Crippen LogP contribution >= 0.6 is 35.0 Å². The summed E-state index contributed by atoms with van der Waals surface area (Å²) in [5.74, 6) is -0.442. The quantitative estimate of drug-likeness (QED) is 0.559. The molecule has 140 valence electrons. The van der Waals surface area contributed by atoms with Gasteiger partial charge >= 0.3 is 6.09 Å². The van der Waals surface area contributed by atoms with Gasteiger partial charge in [0.25, 0.3) is 0 Å². The molecule has 0 aliphatic carbocycles. The number of amides is 1. The normalized spacial score (nSPS) is 10.8. The molecule has 10 heteroatoms. The molecule has 2 aromatic heterocycles. The summed E-state index contributed by atoms with van der Waals surface area (Å²) in [6, 6.07) is 9.28. The minimum absolute atomic E-state index is 0.204. The predicted octanol–water partition coefficient (Wildman–Crippen LogP) is 4.67. The highest BCUT2D eigenvalue weighted by Crippen LogP contribution is 2.32. The maximum absolute atomic E-state index is 13.7. The van der Waals surface area contributed by atoms with Gasteiger partial charge in [-0.1, -0.05) is 35.0 Å². The highest BCUT2D eigenvalue weighted by atomic mass is 35.5. The van der Waals surface area contributed by atoms with Crippen LogP contribution in [0, 0.1) is 5.82 Å². The molecule has 2 heterocycles. The Kier molecular flexibility index (Phi) is 6.20. The molecule has 0 atom stereocenters. The average molecular weight is 427 g/mol. The lowest BCUT2D eigenvalue weighted by molar-refractivity contribution is 0.194.